The zero-order valence-electron chi connectivity index (χ0n) is 9.04. The van der Waals surface area contributed by atoms with Crippen LogP contribution in [0, 0.1) is 0 Å². The third kappa shape index (κ3) is 5.47. The largest absolute Gasteiger partial charge is 0.395 e. The Morgan fingerprint density at radius 1 is 1.53 bits per heavy atom. The molecule has 88 valence electrons. The van der Waals surface area contributed by atoms with Gasteiger partial charge in [-0.2, -0.15) is 0 Å². The Balaban J connectivity index is 4.47. The van der Waals surface area contributed by atoms with Gasteiger partial charge in [0.2, 0.25) is 5.91 Å². The summed E-state index contributed by atoms with van der Waals surface area (Å²) in [7, 11) is 0. The highest BCUT2D eigenvalue weighted by atomic mass is 19.3. The Hall–Kier alpha value is -0.970. The van der Waals surface area contributed by atoms with Gasteiger partial charge in [-0.3, -0.25) is 4.79 Å². The van der Waals surface area contributed by atoms with Crippen molar-refractivity contribution in [1.82, 2.24) is 4.90 Å². The molecule has 0 saturated carbocycles. The molecule has 1 amide bonds. The van der Waals surface area contributed by atoms with Crippen LogP contribution in [0.15, 0.2) is 11.6 Å². The lowest BCUT2D eigenvalue weighted by Crippen LogP contribution is -2.37. The average molecular weight is 221 g/mol. The van der Waals surface area contributed by atoms with Gasteiger partial charge in [-0.15, -0.1) is 0 Å². The van der Waals surface area contributed by atoms with E-state index in [4.69, 9.17) is 5.11 Å². The van der Waals surface area contributed by atoms with Crippen LogP contribution < -0.4 is 0 Å². The number of carbonyl (C=O) groups excluding carboxylic acids is 1. The monoisotopic (exact) mass is 221 g/mol. The van der Waals surface area contributed by atoms with E-state index in [9.17, 15) is 13.6 Å². The van der Waals surface area contributed by atoms with Crippen molar-refractivity contribution in [3.05, 3.63) is 11.6 Å². The minimum Gasteiger partial charge on any atom is -0.395 e. The van der Waals surface area contributed by atoms with E-state index in [0.29, 0.717) is 12.0 Å². The van der Waals surface area contributed by atoms with Crippen LogP contribution in [-0.2, 0) is 4.79 Å². The number of aliphatic hydroxyl groups excluding tert-OH is 1. The first kappa shape index (κ1) is 14.0. The fourth-order valence-electron chi connectivity index (χ4n) is 1.21. The van der Waals surface area contributed by atoms with Gasteiger partial charge in [0.05, 0.1) is 13.2 Å². The molecule has 15 heavy (non-hydrogen) atoms. The quantitative estimate of drug-likeness (QED) is 0.689. The standard InChI is InChI=1S/C10H17F2NO2/c1-3-4-8(2)10(15)13(5-6-14)7-9(11)12/h4,9,14H,3,5-7H2,1-2H3/b8-4-. The molecule has 0 aliphatic carbocycles. The molecule has 0 radical (unpaired) electrons. The van der Waals surface area contributed by atoms with Crippen molar-refractivity contribution >= 4 is 5.91 Å². The van der Waals surface area contributed by atoms with Crippen LogP contribution in [0.1, 0.15) is 20.3 Å². The van der Waals surface area contributed by atoms with E-state index in [1.54, 1.807) is 13.0 Å². The molecule has 1 N–H and O–H groups in total. The summed E-state index contributed by atoms with van der Waals surface area (Å²) in [6.07, 6.45) is -0.216. The smallest absolute Gasteiger partial charge is 0.255 e. The molecule has 0 aromatic carbocycles. The molecule has 0 aliphatic rings. The van der Waals surface area contributed by atoms with Crippen molar-refractivity contribution < 1.29 is 18.7 Å². The number of hydrogen-bond acceptors (Lipinski definition) is 2. The summed E-state index contributed by atoms with van der Waals surface area (Å²) in [5, 5.41) is 8.65. The molecule has 0 aromatic heterocycles. The van der Waals surface area contributed by atoms with Gasteiger partial charge in [-0.1, -0.05) is 13.0 Å². The van der Waals surface area contributed by atoms with E-state index in [-0.39, 0.29) is 13.2 Å². The van der Waals surface area contributed by atoms with Crippen LogP contribution in [-0.4, -0.2) is 42.0 Å². The van der Waals surface area contributed by atoms with E-state index in [1.165, 1.54) is 0 Å². The molecule has 3 nitrogen and oxygen atoms in total. The van der Waals surface area contributed by atoms with E-state index in [0.717, 1.165) is 4.90 Å². The molecule has 0 aromatic rings. The Labute approximate surface area is 88.4 Å². The fourth-order valence-corrected chi connectivity index (χ4v) is 1.21. The Morgan fingerprint density at radius 2 is 2.13 bits per heavy atom. The zero-order valence-corrected chi connectivity index (χ0v) is 9.04. The molecule has 0 fully saturated rings. The van der Waals surface area contributed by atoms with Crippen LogP contribution >= 0.6 is 0 Å². The summed E-state index contributed by atoms with van der Waals surface area (Å²) in [5.41, 5.74) is 0.437. The summed E-state index contributed by atoms with van der Waals surface area (Å²) in [6, 6.07) is 0. The van der Waals surface area contributed by atoms with Crippen molar-refractivity contribution in [3.8, 4) is 0 Å². The van der Waals surface area contributed by atoms with Gasteiger partial charge >= 0.3 is 0 Å². The summed E-state index contributed by atoms with van der Waals surface area (Å²) in [6.45, 7) is 2.45. The number of nitrogens with zero attached hydrogens (tertiary/aromatic N) is 1. The lowest BCUT2D eigenvalue weighted by Gasteiger charge is -2.21. The highest BCUT2D eigenvalue weighted by Crippen LogP contribution is 2.05. The second kappa shape index (κ2) is 7.34. The second-order valence-electron chi connectivity index (χ2n) is 3.16. The SMILES string of the molecule is CC/C=C(/C)C(=O)N(CCO)CC(F)F. The number of rotatable bonds is 6. The number of aliphatic hydroxyl groups is 1. The fraction of sp³-hybridized carbons (Fsp3) is 0.700. The average Bonchev–Trinajstić information content (AvgIpc) is 2.16. The van der Waals surface area contributed by atoms with Crippen molar-refractivity contribution in [3.63, 3.8) is 0 Å². The highest BCUT2D eigenvalue weighted by molar-refractivity contribution is 5.92. The Bertz CT molecular complexity index is 229. The Kier molecular flexibility index (Phi) is 6.86. The minimum absolute atomic E-state index is 0.0575. The summed E-state index contributed by atoms with van der Waals surface area (Å²) < 4.78 is 24.2. The van der Waals surface area contributed by atoms with Crippen LogP contribution in [0.5, 0.6) is 0 Å². The van der Waals surface area contributed by atoms with Crippen molar-refractivity contribution in [2.45, 2.75) is 26.7 Å². The van der Waals surface area contributed by atoms with E-state index in [2.05, 4.69) is 0 Å². The van der Waals surface area contributed by atoms with E-state index < -0.39 is 18.9 Å². The lowest BCUT2D eigenvalue weighted by molar-refractivity contribution is -0.129. The first-order valence-corrected chi connectivity index (χ1v) is 4.88. The van der Waals surface area contributed by atoms with Gasteiger partial charge in [0.25, 0.3) is 6.43 Å². The van der Waals surface area contributed by atoms with Gasteiger partial charge in [0.1, 0.15) is 0 Å². The third-order valence-corrected chi connectivity index (χ3v) is 1.86. The van der Waals surface area contributed by atoms with Crippen LogP contribution in [0.3, 0.4) is 0 Å². The molecule has 0 spiro atoms. The van der Waals surface area contributed by atoms with Crippen molar-refractivity contribution in [1.29, 1.82) is 0 Å². The van der Waals surface area contributed by atoms with Gasteiger partial charge < -0.3 is 10.0 Å². The zero-order chi connectivity index (χ0) is 11.8. The number of amides is 1. The highest BCUT2D eigenvalue weighted by Gasteiger charge is 2.18. The maximum Gasteiger partial charge on any atom is 0.255 e. The van der Waals surface area contributed by atoms with Gasteiger partial charge in [-0.05, 0) is 13.3 Å². The third-order valence-electron chi connectivity index (χ3n) is 1.86. The summed E-state index contributed by atoms with van der Waals surface area (Å²) in [4.78, 5) is 12.5. The molecule has 0 atom stereocenters. The number of hydrogen-bond donors (Lipinski definition) is 1. The molecular weight excluding hydrogens is 204 g/mol. The topological polar surface area (TPSA) is 40.5 Å². The van der Waals surface area contributed by atoms with Crippen molar-refractivity contribution in [2.75, 3.05) is 19.7 Å². The summed E-state index contributed by atoms with van der Waals surface area (Å²) >= 11 is 0. The second-order valence-corrected chi connectivity index (χ2v) is 3.16. The molecule has 5 heteroatoms. The molecule has 0 rings (SSSR count). The minimum atomic E-state index is -2.57. The van der Waals surface area contributed by atoms with E-state index in [1.807, 2.05) is 6.92 Å². The Morgan fingerprint density at radius 3 is 2.53 bits per heavy atom. The molecular formula is C10H17F2NO2. The van der Waals surface area contributed by atoms with Gasteiger partial charge in [0.15, 0.2) is 0 Å². The normalized spacial score (nSPS) is 12.0. The molecule has 0 heterocycles. The molecule has 0 saturated heterocycles. The molecule has 0 unspecified atom stereocenters. The first-order chi connectivity index (χ1) is 7.02. The lowest BCUT2D eigenvalue weighted by atomic mass is 10.2. The maximum absolute atomic E-state index is 12.1. The van der Waals surface area contributed by atoms with Gasteiger partial charge in [-0.25, -0.2) is 8.78 Å². The number of allylic oxidation sites excluding steroid dienone is 1. The maximum atomic E-state index is 12.1. The molecule has 0 aliphatic heterocycles. The number of halogens is 2. The van der Waals surface area contributed by atoms with Gasteiger partial charge in [0, 0.05) is 12.1 Å². The van der Waals surface area contributed by atoms with Crippen LogP contribution in [0.4, 0.5) is 8.78 Å². The van der Waals surface area contributed by atoms with Crippen LogP contribution in [0.25, 0.3) is 0 Å². The van der Waals surface area contributed by atoms with Crippen molar-refractivity contribution in [2.24, 2.45) is 0 Å². The first-order valence-electron chi connectivity index (χ1n) is 4.88. The predicted octanol–water partition coefficient (Wildman–Crippen LogP) is 1.43. The predicted molar refractivity (Wildman–Crippen MR) is 53.7 cm³/mol. The number of alkyl halides is 2. The van der Waals surface area contributed by atoms with Crippen LogP contribution in [0.2, 0.25) is 0 Å². The summed E-state index contributed by atoms with van der Waals surface area (Å²) in [5.74, 6) is -0.439. The molecule has 0 bridgehead atoms. The number of carbonyl (C=O) groups is 1. The van der Waals surface area contributed by atoms with E-state index >= 15 is 0 Å².